The van der Waals surface area contributed by atoms with Crippen molar-refractivity contribution in [3.05, 3.63) is 60.9 Å². The van der Waals surface area contributed by atoms with E-state index in [1.54, 1.807) is 24.5 Å². The smallest absolute Gasteiger partial charge is 0.294 e. The minimum absolute atomic E-state index is 0.174. The predicted octanol–water partition coefficient (Wildman–Crippen LogP) is 4.47. The highest BCUT2D eigenvalue weighted by atomic mass is 32.2. The molecule has 0 unspecified atom stereocenters. The maximum atomic E-state index is 11.5. The Morgan fingerprint density at radius 1 is 1.00 bits per heavy atom. The van der Waals surface area contributed by atoms with Gasteiger partial charge >= 0.3 is 0 Å². The average Bonchev–Trinajstić information content (AvgIpc) is 3.22. The highest BCUT2D eigenvalue weighted by molar-refractivity contribution is 7.85. The Hall–Kier alpha value is -2.48. The summed E-state index contributed by atoms with van der Waals surface area (Å²) in [4.78, 5) is 4.40. The molecule has 1 N–H and O–H groups in total. The molecule has 0 aliphatic rings. The summed E-state index contributed by atoms with van der Waals surface area (Å²) in [6.07, 6.45) is 1.55. The van der Waals surface area contributed by atoms with Crippen LogP contribution in [0, 0.1) is 0 Å². The summed E-state index contributed by atoms with van der Waals surface area (Å²) in [5, 5.41) is 0.660. The van der Waals surface area contributed by atoms with E-state index in [1.807, 2.05) is 24.3 Å². The van der Waals surface area contributed by atoms with Gasteiger partial charge in [-0.3, -0.25) is 4.55 Å². The van der Waals surface area contributed by atoms with Crippen molar-refractivity contribution in [2.75, 3.05) is 0 Å². The van der Waals surface area contributed by atoms with E-state index in [0.717, 1.165) is 10.2 Å². The molecule has 120 valence electrons. The third kappa shape index (κ3) is 2.62. The SMILES string of the molecule is O=S(=O)(O)c1ccc(-c2ccco2)c(-c2nc3ccccc3s2)c1. The molecule has 5 nitrogen and oxygen atoms in total. The number of rotatable bonds is 3. The van der Waals surface area contributed by atoms with Crippen molar-refractivity contribution in [2.24, 2.45) is 0 Å². The molecule has 0 aliphatic heterocycles. The van der Waals surface area contributed by atoms with Gasteiger partial charge in [-0.15, -0.1) is 11.3 Å². The topological polar surface area (TPSA) is 80.4 Å². The van der Waals surface area contributed by atoms with Crippen LogP contribution in [0.4, 0.5) is 0 Å². The Morgan fingerprint density at radius 3 is 2.54 bits per heavy atom. The molecule has 0 fully saturated rings. The molecular weight excluding hydrogens is 346 g/mol. The van der Waals surface area contributed by atoms with Crippen LogP contribution in [0.15, 0.2) is 70.2 Å². The van der Waals surface area contributed by atoms with Gasteiger partial charge in [0.2, 0.25) is 0 Å². The van der Waals surface area contributed by atoms with Gasteiger partial charge in [0.15, 0.2) is 0 Å². The average molecular weight is 357 g/mol. The van der Waals surface area contributed by atoms with Crippen LogP contribution in [-0.2, 0) is 10.1 Å². The fourth-order valence-electron chi connectivity index (χ4n) is 2.49. The van der Waals surface area contributed by atoms with Crippen molar-refractivity contribution < 1.29 is 17.4 Å². The first-order valence-corrected chi connectivity index (χ1v) is 9.29. The largest absolute Gasteiger partial charge is 0.464 e. The fraction of sp³-hybridized carbons (Fsp3) is 0. The van der Waals surface area contributed by atoms with Crippen molar-refractivity contribution in [1.29, 1.82) is 0 Å². The summed E-state index contributed by atoms with van der Waals surface area (Å²) in [6.45, 7) is 0. The monoisotopic (exact) mass is 357 g/mol. The standard InChI is InChI=1S/C17H11NO4S2/c19-24(20,21)11-7-8-12(15-5-3-9-22-15)13(10-11)17-18-14-4-1-2-6-16(14)23-17/h1-10H,(H,19,20,21). The second-order valence-electron chi connectivity index (χ2n) is 5.15. The molecule has 2 aromatic carbocycles. The Bertz CT molecular complexity index is 1100. The Morgan fingerprint density at radius 2 is 1.83 bits per heavy atom. The molecule has 7 heteroatoms. The molecule has 0 saturated carbocycles. The summed E-state index contributed by atoms with van der Waals surface area (Å²) < 4.78 is 38.8. The third-order valence-corrected chi connectivity index (χ3v) is 5.52. The summed E-state index contributed by atoms with van der Waals surface area (Å²) in [6, 6.07) is 15.6. The van der Waals surface area contributed by atoms with Crippen LogP contribution in [0.25, 0.3) is 32.1 Å². The Labute approximate surface area is 142 Å². The van der Waals surface area contributed by atoms with Crippen LogP contribution in [-0.4, -0.2) is 18.0 Å². The zero-order valence-corrected chi connectivity index (χ0v) is 13.8. The zero-order chi connectivity index (χ0) is 16.7. The highest BCUT2D eigenvalue weighted by Crippen LogP contribution is 2.38. The summed E-state index contributed by atoms with van der Waals surface area (Å²) in [5.41, 5.74) is 2.15. The first-order chi connectivity index (χ1) is 11.5. The first-order valence-electron chi connectivity index (χ1n) is 7.04. The van der Waals surface area contributed by atoms with Crippen molar-refractivity contribution in [2.45, 2.75) is 4.90 Å². The molecular formula is C17H11NO4S2. The van der Waals surface area contributed by atoms with Crippen molar-refractivity contribution >= 4 is 31.7 Å². The lowest BCUT2D eigenvalue weighted by Crippen LogP contribution is -1.98. The number of thiazole rings is 1. The lowest BCUT2D eigenvalue weighted by Gasteiger charge is -2.07. The van der Waals surface area contributed by atoms with Gasteiger partial charge in [-0.25, -0.2) is 4.98 Å². The molecule has 0 radical (unpaired) electrons. The number of fused-ring (bicyclic) bond motifs is 1. The third-order valence-electron chi connectivity index (χ3n) is 3.60. The number of aromatic nitrogens is 1. The van der Waals surface area contributed by atoms with Crippen LogP contribution in [0.5, 0.6) is 0 Å². The maximum absolute atomic E-state index is 11.5. The van der Waals surface area contributed by atoms with Crippen LogP contribution >= 0.6 is 11.3 Å². The van der Waals surface area contributed by atoms with E-state index < -0.39 is 10.1 Å². The molecule has 0 aliphatic carbocycles. The summed E-state index contributed by atoms with van der Waals surface area (Å²) in [5.74, 6) is 0.603. The molecule has 2 heterocycles. The molecule has 24 heavy (non-hydrogen) atoms. The minimum Gasteiger partial charge on any atom is -0.464 e. The van der Waals surface area contributed by atoms with Gasteiger partial charge in [-0.05, 0) is 42.5 Å². The molecule has 0 spiro atoms. The second kappa shape index (κ2) is 5.55. The van der Waals surface area contributed by atoms with E-state index in [4.69, 9.17) is 4.42 Å². The van der Waals surface area contributed by atoms with Gasteiger partial charge in [0.25, 0.3) is 10.1 Å². The molecule has 0 bridgehead atoms. The number of para-hydroxylation sites is 1. The Kier molecular flexibility index (Phi) is 3.49. The number of furan rings is 1. The quantitative estimate of drug-likeness (QED) is 0.547. The van der Waals surface area contributed by atoms with Crippen molar-refractivity contribution in [3.63, 3.8) is 0 Å². The van der Waals surface area contributed by atoms with Gasteiger partial charge in [0.05, 0.1) is 21.4 Å². The predicted molar refractivity (Wildman–Crippen MR) is 92.6 cm³/mol. The lowest BCUT2D eigenvalue weighted by molar-refractivity contribution is 0.483. The lowest BCUT2D eigenvalue weighted by atomic mass is 10.1. The van der Waals surface area contributed by atoms with Crippen molar-refractivity contribution in [3.8, 4) is 21.9 Å². The van der Waals surface area contributed by atoms with Crippen LogP contribution < -0.4 is 0 Å². The first kappa shape index (κ1) is 15.1. The second-order valence-corrected chi connectivity index (χ2v) is 7.60. The molecule has 0 saturated heterocycles. The number of hydrogen-bond donors (Lipinski definition) is 1. The van der Waals surface area contributed by atoms with E-state index in [2.05, 4.69) is 4.98 Å². The number of benzene rings is 2. The molecule has 0 amide bonds. The van der Waals surface area contributed by atoms with Crippen LogP contribution in [0.3, 0.4) is 0 Å². The van der Waals surface area contributed by atoms with Gasteiger partial charge in [0, 0.05) is 11.1 Å². The van der Waals surface area contributed by atoms with E-state index in [1.165, 1.54) is 23.5 Å². The molecule has 0 atom stereocenters. The van der Waals surface area contributed by atoms with E-state index in [-0.39, 0.29) is 4.90 Å². The van der Waals surface area contributed by atoms with Crippen molar-refractivity contribution in [1.82, 2.24) is 4.98 Å². The fourth-order valence-corrected chi connectivity index (χ4v) is 4.00. The van der Waals surface area contributed by atoms with E-state index in [9.17, 15) is 13.0 Å². The van der Waals surface area contributed by atoms with E-state index >= 15 is 0 Å². The summed E-state index contributed by atoms with van der Waals surface area (Å²) in [7, 11) is -4.30. The highest BCUT2D eigenvalue weighted by Gasteiger charge is 2.18. The van der Waals surface area contributed by atoms with Crippen LogP contribution in [0.1, 0.15) is 0 Å². The zero-order valence-electron chi connectivity index (χ0n) is 12.2. The molecule has 2 aromatic heterocycles. The van der Waals surface area contributed by atoms with E-state index in [0.29, 0.717) is 21.9 Å². The summed E-state index contributed by atoms with van der Waals surface area (Å²) >= 11 is 1.45. The Balaban J connectivity index is 2.00. The molecule has 4 rings (SSSR count). The minimum atomic E-state index is -4.30. The van der Waals surface area contributed by atoms with Crippen LogP contribution in [0.2, 0.25) is 0 Å². The number of nitrogens with zero attached hydrogens (tertiary/aromatic N) is 1. The maximum Gasteiger partial charge on any atom is 0.294 e. The van der Waals surface area contributed by atoms with Gasteiger partial charge in [-0.2, -0.15) is 8.42 Å². The van der Waals surface area contributed by atoms with Gasteiger partial charge in [-0.1, -0.05) is 12.1 Å². The number of hydrogen-bond acceptors (Lipinski definition) is 5. The van der Waals surface area contributed by atoms with Gasteiger partial charge < -0.3 is 4.42 Å². The molecule has 4 aromatic rings. The normalized spacial score (nSPS) is 11.9. The van der Waals surface area contributed by atoms with Gasteiger partial charge in [0.1, 0.15) is 10.8 Å².